The maximum atomic E-state index is 13.7. The number of carbonyl (C=O) groups excluding carboxylic acids is 1. The molecule has 0 bridgehead atoms. The molecule has 1 saturated heterocycles. The molecule has 2 N–H and O–H groups in total. The van der Waals surface area contributed by atoms with Gasteiger partial charge in [0.1, 0.15) is 5.82 Å². The molecule has 1 aliphatic rings. The first-order valence-electron chi connectivity index (χ1n) is 6.62. The summed E-state index contributed by atoms with van der Waals surface area (Å²) in [6, 6.07) is 6.74. The van der Waals surface area contributed by atoms with Crippen molar-refractivity contribution >= 4 is 11.6 Å². The SMILES string of the molecule is C[C@@H](CN)C(=O)N1CCN(c2ccccc2F)CC1. The van der Waals surface area contributed by atoms with Gasteiger partial charge in [-0.15, -0.1) is 0 Å². The lowest BCUT2D eigenvalue weighted by atomic mass is 10.1. The van der Waals surface area contributed by atoms with E-state index >= 15 is 0 Å². The van der Waals surface area contributed by atoms with Crippen molar-refractivity contribution in [2.75, 3.05) is 37.6 Å². The topological polar surface area (TPSA) is 49.6 Å². The van der Waals surface area contributed by atoms with Crippen LogP contribution >= 0.6 is 0 Å². The van der Waals surface area contributed by atoms with Gasteiger partial charge in [-0.05, 0) is 12.1 Å². The van der Waals surface area contributed by atoms with Crippen LogP contribution in [0.2, 0.25) is 0 Å². The molecule has 0 saturated carbocycles. The van der Waals surface area contributed by atoms with Crippen molar-refractivity contribution in [2.45, 2.75) is 6.92 Å². The minimum absolute atomic E-state index is 0.0932. The average Bonchev–Trinajstić information content (AvgIpc) is 2.46. The van der Waals surface area contributed by atoms with Crippen LogP contribution in [-0.4, -0.2) is 43.5 Å². The zero-order chi connectivity index (χ0) is 13.8. The third-order valence-electron chi connectivity index (χ3n) is 3.56. The number of hydrogen-bond acceptors (Lipinski definition) is 3. The molecule has 2 rings (SSSR count). The first-order chi connectivity index (χ1) is 9.13. The van der Waals surface area contributed by atoms with Crippen molar-refractivity contribution in [3.63, 3.8) is 0 Å². The van der Waals surface area contributed by atoms with Crippen LogP contribution in [0, 0.1) is 11.7 Å². The fourth-order valence-electron chi connectivity index (χ4n) is 2.29. The molecule has 1 amide bonds. The predicted molar refractivity (Wildman–Crippen MR) is 73.4 cm³/mol. The fraction of sp³-hybridized carbons (Fsp3) is 0.500. The second-order valence-electron chi connectivity index (χ2n) is 4.90. The summed E-state index contributed by atoms with van der Waals surface area (Å²) in [6.45, 7) is 4.76. The first kappa shape index (κ1) is 13.8. The molecular formula is C14H20FN3O. The Balaban J connectivity index is 1.96. The second kappa shape index (κ2) is 6.02. The molecule has 1 atom stereocenters. The van der Waals surface area contributed by atoms with E-state index in [4.69, 9.17) is 5.73 Å². The minimum atomic E-state index is -0.211. The van der Waals surface area contributed by atoms with Gasteiger partial charge in [0.2, 0.25) is 5.91 Å². The van der Waals surface area contributed by atoms with E-state index in [-0.39, 0.29) is 17.6 Å². The lowest BCUT2D eigenvalue weighted by molar-refractivity contribution is -0.134. The summed E-state index contributed by atoms with van der Waals surface area (Å²) in [4.78, 5) is 15.8. The second-order valence-corrected chi connectivity index (χ2v) is 4.90. The molecule has 0 spiro atoms. The van der Waals surface area contributed by atoms with Gasteiger partial charge >= 0.3 is 0 Å². The molecular weight excluding hydrogens is 245 g/mol. The van der Waals surface area contributed by atoms with Gasteiger partial charge in [0.15, 0.2) is 0 Å². The first-order valence-corrected chi connectivity index (χ1v) is 6.62. The molecule has 0 aliphatic carbocycles. The third-order valence-corrected chi connectivity index (χ3v) is 3.56. The van der Waals surface area contributed by atoms with Crippen molar-refractivity contribution in [3.8, 4) is 0 Å². The Bertz CT molecular complexity index is 444. The maximum Gasteiger partial charge on any atom is 0.226 e. The van der Waals surface area contributed by atoms with E-state index in [1.807, 2.05) is 22.8 Å². The maximum absolute atomic E-state index is 13.7. The zero-order valence-corrected chi connectivity index (χ0v) is 11.2. The zero-order valence-electron chi connectivity index (χ0n) is 11.2. The normalized spacial score (nSPS) is 17.4. The van der Waals surface area contributed by atoms with Crippen LogP contribution in [0.15, 0.2) is 24.3 Å². The summed E-state index contributed by atoms with van der Waals surface area (Å²) in [7, 11) is 0. The molecule has 0 aromatic heterocycles. The number of nitrogens with two attached hydrogens (primary N) is 1. The summed E-state index contributed by atoms with van der Waals surface area (Å²) in [5.41, 5.74) is 6.12. The molecule has 0 unspecified atom stereocenters. The Hall–Kier alpha value is -1.62. The van der Waals surface area contributed by atoms with Crippen molar-refractivity contribution in [1.82, 2.24) is 4.90 Å². The van der Waals surface area contributed by atoms with E-state index < -0.39 is 0 Å². The van der Waals surface area contributed by atoms with E-state index in [9.17, 15) is 9.18 Å². The Kier molecular flexibility index (Phi) is 4.37. The highest BCUT2D eigenvalue weighted by atomic mass is 19.1. The van der Waals surface area contributed by atoms with Crippen molar-refractivity contribution in [2.24, 2.45) is 11.7 Å². The van der Waals surface area contributed by atoms with Gasteiger partial charge in [-0.1, -0.05) is 19.1 Å². The molecule has 1 aliphatic heterocycles. The van der Waals surface area contributed by atoms with E-state index in [2.05, 4.69) is 0 Å². The predicted octanol–water partition coefficient (Wildman–Crippen LogP) is 1.07. The Morgan fingerprint density at radius 3 is 2.53 bits per heavy atom. The van der Waals surface area contributed by atoms with Crippen LogP contribution < -0.4 is 10.6 Å². The lowest BCUT2D eigenvalue weighted by Crippen LogP contribution is -2.51. The number of benzene rings is 1. The Morgan fingerprint density at radius 1 is 1.32 bits per heavy atom. The van der Waals surface area contributed by atoms with Gasteiger partial charge in [-0.3, -0.25) is 4.79 Å². The van der Waals surface area contributed by atoms with E-state index in [1.54, 1.807) is 12.1 Å². The minimum Gasteiger partial charge on any atom is -0.366 e. The average molecular weight is 265 g/mol. The van der Waals surface area contributed by atoms with Crippen molar-refractivity contribution in [1.29, 1.82) is 0 Å². The van der Waals surface area contributed by atoms with Crippen LogP contribution in [0.3, 0.4) is 0 Å². The van der Waals surface area contributed by atoms with Gasteiger partial charge in [0, 0.05) is 38.6 Å². The monoisotopic (exact) mass is 265 g/mol. The van der Waals surface area contributed by atoms with E-state index in [0.29, 0.717) is 38.4 Å². The standard InChI is InChI=1S/C14H20FN3O/c1-11(10-16)14(19)18-8-6-17(7-9-18)13-5-3-2-4-12(13)15/h2-5,11H,6-10,16H2,1H3/t11-/m0/s1. The summed E-state index contributed by atoms with van der Waals surface area (Å²) >= 11 is 0. The molecule has 0 radical (unpaired) electrons. The van der Waals surface area contributed by atoms with E-state index in [0.717, 1.165) is 0 Å². The molecule has 5 heteroatoms. The number of amides is 1. The number of nitrogens with zero attached hydrogens (tertiary/aromatic N) is 2. The molecule has 1 heterocycles. The lowest BCUT2D eigenvalue weighted by Gasteiger charge is -2.37. The van der Waals surface area contributed by atoms with Gasteiger partial charge in [-0.25, -0.2) is 4.39 Å². The number of hydrogen-bond donors (Lipinski definition) is 1. The fourth-order valence-corrected chi connectivity index (χ4v) is 2.29. The molecule has 4 nitrogen and oxygen atoms in total. The highest BCUT2D eigenvalue weighted by Gasteiger charge is 2.25. The third kappa shape index (κ3) is 3.04. The van der Waals surface area contributed by atoms with Crippen LogP contribution in [-0.2, 0) is 4.79 Å². The Morgan fingerprint density at radius 2 is 1.95 bits per heavy atom. The largest absolute Gasteiger partial charge is 0.366 e. The number of anilines is 1. The van der Waals surface area contributed by atoms with E-state index in [1.165, 1.54) is 6.07 Å². The van der Waals surface area contributed by atoms with Crippen molar-refractivity contribution < 1.29 is 9.18 Å². The number of halogens is 1. The number of para-hydroxylation sites is 1. The van der Waals surface area contributed by atoms with Crippen LogP contribution in [0.4, 0.5) is 10.1 Å². The highest BCUT2D eigenvalue weighted by molar-refractivity contribution is 5.79. The van der Waals surface area contributed by atoms with Crippen molar-refractivity contribution in [3.05, 3.63) is 30.1 Å². The van der Waals surface area contributed by atoms with Crippen LogP contribution in [0.25, 0.3) is 0 Å². The molecule has 1 fully saturated rings. The van der Waals surface area contributed by atoms with Gasteiger partial charge < -0.3 is 15.5 Å². The summed E-state index contributed by atoms with van der Waals surface area (Å²) in [5.74, 6) is -0.256. The Labute approximate surface area is 113 Å². The van der Waals surface area contributed by atoms with Gasteiger partial charge in [0.25, 0.3) is 0 Å². The van der Waals surface area contributed by atoms with Crippen LogP contribution in [0.5, 0.6) is 0 Å². The van der Waals surface area contributed by atoms with Crippen LogP contribution in [0.1, 0.15) is 6.92 Å². The molecule has 1 aromatic carbocycles. The molecule has 19 heavy (non-hydrogen) atoms. The molecule has 1 aromatic rings. The summed E-state index contributed by atoms with van der Waals surface area (Å²) < 4.78 is 13.7. The number of rotatable bonds is 3. The number of carbonyl (C=O) groups is 1. The number of piperazine rings is 1. The quantitative estimate of drug-likeness (QED) is 0.889. The van der Waals surface area contributed by atoms with Gasteiger partial charge in [0.05, 0.1) is 5.69 Å². The molecule has 104 valence electrons. The smallest absolute Gasteiger partial charge is 0.226 e. The highest BCUT2D eigenvalue weighted by Crippen LogP contribution is 2.20. The summed E-state index contributed by atoms with van der Waals surface area (Å²) in [5, 5.41) is 0. The van der Waals surface area contributed by atoms with Gasteiger partial charge in [-0.2, -0.15) is 0 Å². The summed E-state index contributed by atoms with van der Waals surface area (Å²) in [6.07, 6.45) is 0.